The van der Waals surface area contributed by atoms with Crippen molar-refractivity contribution in [1.29, 1.82) is 0 Å². The smallest absolute Gasteiger partial charge is 0.262 e. The summed E-state index contributed by atoms with van der Waals surface area (Å²) in [5, 5.41) is 3.85. The summed E-state index contributed by atoms with van der Waals surface area (Å²) in [7, 11) is 0. The summed E-state index contributed by atoms with van der Waals surface area (Å²) < 4.78 is 5.38. The van der Waals surface area contributed by atoms with Gasteiger partial charge < -0.3 is 20.8 Å². The molecule has 0 aliphatic rings. The number of H-pyrrole nitrogens is 1. The molecule has 0 radical (unpaired) electrons. The topological polar surface area (TPSA) is 114 Å². The third-order valence-electron chi connectivity index (χ3n) is 3.60. The van der Waals surface area contributed by atoms with Gasteiger partial charge in [-0.05, 0) is 42.5 Å². The molecular formula is C18H15N3O4. The van der Waals surface area contributed by atoms with Crippen molar-refractivity contribution in [2.24, 2.45) is 5.73 Å². The molecule has 3 rings (SSSR count). The Hall–Kier alpha value is -3.61. The van der Waals surface area contributed by atoms with Crippen LogP contribution in [0.4, 0.5) is 5.69 Å². The van der Waals surface area contributed by atoms with Crippen LogP contribution in [0.5, 0.6) is 5.75 Å². The van der Waals surface area contributed by atoms with Gasteiger partial charge >= 0.3 is 0 Å². The molecule has 0 aliphatic carbocycles. The highest BCUT2D eigenvalue weighted by atomic mass is 16.5. The standard InChI is InChI=1S/C18H15N3O4/c19-17(23)11-4-6-12(7-5-11)25-10-16(22)21-15-3-1-2-14-13(15)8-9-20-18(14)24/h1-9H,10H2,(H2,19,23)(H,20,24)(H,21,22). The third-order valence-corrected chi connectivity index (χ3v) is 3.60. The first-order valence-corrected chi connectivity index (χ1v) is 7.47. The number of benzene rings is 2. The number of pyridine rings is 1. The molecule has 4 N–H and O–H groups in total. The molecular weight excluding hydrogens is 322 g/mol. The Balaban J connectivity index is 1.68. The second-order valence-corrected chi connectivity index (χ2v) is 5.30. The van der Waals surface area contributed by atoms with E-state index in [1.165, 1.54) is 18.3 Å². The number of carbonyl (C=O) groups excluding carboxylic acids is 2. The van der Waals surface area contributed by atoms with Gasteiger partial charge in [-0.2, -0.15) is 0 Å². The fraction of sp³-hybridized carbons (Fsp3) is 0.0556. The van der Waals surface area contributed by atoms with E-state index in [1.807, 2.05) is 0 Å². The molecule has 0 fully saturated rings. The summed E-state index contributed by atoms with van der Waals surface area (Å²) in [6.45, 7) is -0.213. The zero-order chi connectivity index (χ0) is 17.8. The van der Waals surface area contributed by atoms with Crippen LogP contribution in [0.15, 0.2) is 59.5 Å². The lowest BCUT2D eigenvalue weighted by atomic mass is 10.1. The number of aromatic amines is 1. The molecule has 25 heavy (non-hydrogen) atoms. The second kappa shape index (κ2) is 6.88. The van der Waals surface area contributed by atoms with Gasteiger partial charge in [0.25, 0.3) is 11.5 Å². The number of nitrogens with one attached hydrogen (secondary N) is 2. The third kappa shape index (κ3) is 3.66. The highest BCUT2D eigenvalue weighted by molar-refractivity contribution is 6.02. The van der Waals surface area contributed by atoms with Gasteiger partial charge in [0, 0.05) is 28.2 Å². The fourth-order valence-corrected chi connectivity index (χ4v) is 2.38. The van der Waals surface area contributed by atoms with Gasteiger partial charge in [0.05, 0.1) is 0 Å². The van der Waals surface area contributed by atoms with Crippen LogP contribution in [0.25, 0.3) is 10.8 Å². The van der Waals surface area contributed by atoms with E-state index < -0.39 is 5.91 Å². The molecule has 0 atom stereocenters. The Morgan fingerprint density at radius 2 is 1.80 bits per heavy atom. The average molecular weight is 337 g/mol. The summed E-state index contributed by atoms with van der Waals surface area (Å²) in [5.74, 6) is -0.462. The van der Waals surface area contributed by atoms with Gasteiger partial charge in [-0.1, -0.05) is 6.07 Å². The molecule has 0 bridgehead atoms. The lowest BCUT2D eigenvalue weighted by Gasteiger charge is -2.09. The molecule has 1 aromatic heterocycles. The highest BCUT2D eigenvalue weighted by Crippen LogP contribution is 2.20. The van der Waals surface area contributed by atoms with Crippen molar-refractivity contribution in [3.8, 4) is 5.75 Å². The molecule has 1 heterocycles. The summed E-state index contributed by atoms with van der Waals surface area (Å²) >= 11 is 0. The van der Waals surface area contributed by atoms with Crippen LogP contribution in [0, 0.1) is 0 Å². The Morgan fingerprint density at radius 1 is 1.04 bits per heavy atom. The van der Waals surface area contributed by atoms with Crippen LogP contribution in [-0.4, -0.2) is 23.4 Å². The zero-order valence-electron chi connectivity index (χ0n) is 13.1. The number of fused-ring (bicyclic) bond motifs is 1. The number of hydrogen-bond donors (Lipinski definition) is 3. The number of amides is 2. The van der Waals surface area contributed by atoms with Crippen molar-refractivity contribution in [3.63, 3.8) is 0 Å². The van der Waals surface area contributed by atoms with Gasteiger partial charge in [-0.3, -0.25) is 14.4 Å². The maximum absolute atomic E-state index is 12.1. The molecule has 0 spiro atoms. The predicted octanol–water partition coefficient (Wildman–Crippen LogP) is 1.64. The minimum atomic E-state index is -0.532. The van der Waals surface area contributed by atoms with Crippen molar-refractivity contribution < 1.29 is 14.3 Å². The first kappa shape index (κ1) is 16.3. The van der Waals surface area contributed by atoms with E-state index in [2.05, 4.69) is 10.3 Å². The van der Waals surface area contributed by atoms with Crippen molar-refractivity contribution in [2.45, 2.75) is 0 Å². The van der Waals surface area contributed by atoms with Crippen LogP contribution in [-0.2, 0) is 4.79 Å². The van der Waals surface area contributed by atoms with Gasteiger partial charge in [0.2, 0.25) is 5.91 Å². The highest BCUT2D eigenvalue weighted by Gasteiger charge is 2.08. The zero-order valence-corrected chi connectivity index (χ0v) is 13.1. The summed E-state index contributed by atoms with van der Waals surface area (Å²) in [6.07, 6.45) is 1.52. The van der Waals surface area contributed by atoms with Gasteiger partial charge in [-0.25, -0.2) is 0 Å². The molecule has 0 saturated carbocycles. The molecule has 0 saturated heterocycles. The van der Waals surface area contributed by atoms with Crippen LogP contribution in [0.2, 0.25) is 0 Å². The van der Waals surface area contributed by atoms with E-state index in [4.69, 9.17) is 10.5 Å². The Bertz CT molecular complexity index is 993. The van der Waals surface area contributed by atoms with E-state index >= 15 is 0 Å². The maximum Gasteiger partial charge on any atom is 0.262 e. The monoisotopic (exact) mass is 337 g/mol. The molecule has 0 unspecified atom stereocenters. The van der Waals surface area contributed by atoms with Crippen LogP contribution in [0.3, 0.4) is 0 Å². The number of nitrogens with two attached hydrogens (primary N) is 1. The van der Waals surface area contributed by atoms with E-state index in [0.29, 0.717) is 27.8 Å². The summed E-state index contributed by atoms with van der Waals surface area (Å²) in [5.41, 5.74) is 5.82. The number of carbonyl (C=O) groups is 2. The van der Waals surface area contributed by atoms with Crippen molar-refractivity contribution >= 4 is 28.3 Å². The maximum atomic E-state index is 12.1. The van der Waals surface area contributed by atoms with Crippen molar-refractivity contribution in [1.82, 2.24) is 4.98 Å². The quantitative estimate of drug-likeness (QED) is 0.656. The number of ether oxygens (including phenoxy) is 1. The Morgan fingerprint density at radius 3 is 2.52 bits per heavy atom. The first-order chi connectivity index (χ1) is 12.0. The van der Waals surface area contributed by atoms with Crippen molar-refractivity contribution in [2.75, 3.05) is 11.9 Å². The van der Waals surface area contributed by atoms with E-state index in [-0.39, 0.29) is 18.1 Å². The Kier molecular flexibility index (Phi) is 4.47. The molecule has 7 heteroatoms. The second-order valence-electron chi connectivity index (χ2n) is 5.30. The minimum absolute atomic E-state index is 0.213. The number of hydrogen-bond acceptors (Lipinski definition) is 4. The Labute approximate surface area is 142 Å². The van der Waals surface area contributed by atoms with Crippen molar-refractivity contribution in [3.05, 3.63) is 70.6 Å². The van der Waals surface area contributed by atoms with Crippen LogP contribution >= 0.6 is 0 Å². The average Bonchev–Trinajstić information content (AvgIpc) is 2.61. The number of primary amides is 1. The normalized spacial score (nSPS) is 10.4. The summed E-state index contributed by atoms with van der Waals surface area (Å²) in [4.78, 5) is 37.5. The fourth-order valence-electron chi connectivity index (χ4n) is 2.38. The molecule has 0 aliphatic heterocycles. The van der Waals surface area contributed by atoms with E-state index in [0.717, 1.165) is 0 Å². The lowest BCUT2D eigenvalue weighted by molar-refractivity contribution is -0.118. The first-order valence-electron chi connectivity index (χ1n) is 7.47. The van der Waals surface area contributed by atoms with Crippen LogP contribution < -0.4 is 21.3 Å². The molecule has 7 nitrogen and oxygen atoms in total. The van der Waals surface area contributed by atoms with Gasteiger partial charge in [-0.15, -0.1) is 0 Å². The molecule has 2 amide bonds. The summed E-state index contributed by atoms with van der Waals surface area (Å²) in [6, 6.07) is 13.0. The lowest BCUT2D eigenvalue weighted by Crippen LogP contribution is -2.20. The molecule has 3 aromatic rings. The number of rotatable bonds is 5. The van der Waals surface area contributed by atoms with E-state index in [1.54, 1.807) is 36.4 Å². The number of aromatic nitrogens is 1. The largest absolute Gasteiger partial charge is 0.484 e. The van der Waals surface area contributed by atoms with Gasteiger partial charge in [0.15, 0.2) is 6.61 Å². The molecule has 2 aromatic carbocycles. The SMILES string of the molecule is NC(=O)c1ccc(OCC(=O)Nc2cccc3c(=O)[nH]ccc23)cc1. The number of anilines is 1. The minimum Gasteiger partial charge on any atom is -0.484 e. The molecule has 126 valence electrons. The van der Waals surface area contributed by atoms with Gasteiger partial charge in [0.1, 0.15) is 5.75 Å². The van der Waals surface area contributed by atoms with Crippen LogP contribution in [0.1, 0.15) is 10.4 Å². The van der Waals surface area contributed by atoms with E-state index in [9.17, 15) is 14.4 Å². The predicted molar refractivity (Wildman–Crippen MR) is 93.7 cm³/mol.